The van der Waals surface area contributed by atoms with Gasteiger partial charge in [0.1, 0.15) is 0 Å². The van der Waals surface area contributed by atoms with Crippen molar-refractivity contribution < 1.29 is 5.11 Å². The summed E-state index contributed by atoms with van der Waals surface area (Å²) in [6, 6.07) is 17.0. The maximum absolute atomic E-state index is 10.3. The van der Waals surface area contributed by atoms with Gasteiger partial charge in [0.25, 0.3) is 0 Å². The Kier molecular flexibility index (Phi) is 4.26. The zero-order valence-corrected chi connectivity index (χ0v) is 12.6. The number of anilines is 1. The lowest BCUT2D eigenvalue weighted by molar-refractivity contribution is 0.174. The maximum Gasteiger partial charge on any atom is 0.0807 e. The molecule has 1 N–H and O–H groups in total. The third kappa shape index (κ3) is 2.96. The van der Waals surface area contributed by atoms with Crippen LogP contribution < -0.4 is 4.90 Å². The molecule has 2 aromatic carbocycles. The number of hydrogen-bond acceptors (Lipinski definition) is 2. The van der Waals surface area contributed by atoms with Gasteiger partial charge >= 0.3 is 0 Å². The van der Waals surface area contributed by atoms with E-state index in [4.69, 9.17) is 0 Å². The summed E-state index contributed by atoms with van der Waals surface area (Å²) in [6.07, 6.45) is 2.54. The van der Waals surface area contributed by atoms with Crippen molar-refractivity contribution in [3.05, 3.63) is 65.2 Å². The smallest absolute Gasteiger partial charge is 0.0807 e. The fourth-order valence-electron chi connectivity index (χ4n) is 3.19. The molecule has 110 valence electrons. The normalized spacial score (nSPS) is 16.2. The zero-order chi connectivity index (χ0) is 14.7. The minimum atomic E-state index is -0.369. The largest absolute Gasteiger partial charge is 0.388 e. The number of nitrogens with zero attached hydrogens (tertiary/aromatic N) is 1. The molecule has 0 saturated heterocycles. The second kappa shape index (κ2) is 6.31. The summed E-state index contributed by atoms with van der Waals surface area (Å²) in [5.74, 6) is 0. The second-order valence-electron chi connectivity index (χ2n) is 5.74. The molecule has 0 aliphatic carbocycles. The number of fused-ring (bicyclic) bond motifs is 1. The quantitative estimate of drug-likeness (QED) is 0.926. The van der Waals surface area contributed by atoms with Gasteiger partial charge in [0, 0.05) is 24.3 Å². The molecule has 2 nitrogen and oxygen atoms in total. The van der Waals surface area contributed by atoms with E-state index in [0.29, 0.717) is 0 Å². The highest BCUT2D eigenvalue weighted by Crippen LogP contribution is 2.29. The highest BCUT2D eigenvalue weighted by atomic mass is 16.3. The van der Waals surface area contributed by atoms with Gasteiger partial charge in [-0.15, -0.1) is 0 Å². The summed E-state index contributed by atoms with van der Waals surface area (Å²) in [5.41, 5.74) is 5.19. The van der Waals surface area contributed by atoms with Gasteiger partial charge in [0.2, 0.25) is 0 Å². The highest BCUT2D eigenvalue weighted by Gasteiger charge is 2.18. The molecule has 0 bridgehead atoms. The van der Waals surface area contributed by atoms with Crippen LogP contribution in [0.1, 0.15) is 36.1 Å². The van der Waals surface area contributed by atoms with Gasteiger partial charge in [0.05, 0.1) is 6.10 Å². The van der Waals surface area contributed by atoms with Crippen molar-refractivity contribution in [1.29, 1.82) is 0 Å². The van der Waals surface area contributed by atoms with Crippen LogP contribution in [-0.4, -0.2) is 18.2 Å². The lowest BCUT2D eigenvalue weighted by Gasteiger charge is -2.27. The van der Waals surface area contributed by atoms with Crippen LogP contribution >= 0.6 is 0 Å². The van der Waals surface area contributed by atoms with Crippen molar-refractivity contribution in [2.45, 2.75) is 32.3 Å². The third-order valence-electron chi connectivity index (χ3n) is 4.44. The third-order valence-corrected chi connectivity index (χ3v) is 4.44. The van der Waals surface area contributed by atoms with E-state index in [9.17, 15) is 5.11 Å². The Morgan fingerprint density at radius 1 is 0.952 bits per heavy atom. The summed E-state index contributed by atoms with van der Waals surface area (Å²) in [7, 11) is 0. The van der Waals surface area contributed by atoms with Crippen molar-refractivity contribution in [1.82, 2.24) is 0 Å². The van der Waals surface area contributed by atoms with E-state index in [1.165, 1.54) is 16.8 Å². The summed E-state index contributed by atoms with van der Waals surface area (Å²) in [5, 5.41) is 10.3. The van der Waals surface area contributed by atoms with E-state index in [1.807, 2.05) is 13.0 Å². The SMILES string of the molecule is CC[C@@H](O)c1ccccc1N1CCc2ccccc2CC1. The van der Waals surface area contributed by atoms with E-state index in [-0.39, 0.29) is 6.10 Å². The molecule has 2 heteroatoms. The molecule has 0 fully saturated rings. The Balaban J connectivity index is 1.86. The fourth-order valence-corrected chi connectivity index (χ4v) is 3.19. The first kappa shape index (κ1) is 14.2. The molecule has 2 aromatic rings. The molecule has 0 spiro atoms. The highest BCUT2D eigenvalue weighted by molar-refractivity contribution is 5.55. The topological polar surface area (TPSA) is 23.5 Å². The second-order valence-corrected chi connectivity index (χ2v) is 5.74. The molecule has 1 aliphatic heterocycles. The van der Waals surface area contributed by atoms with Crippen molar-refractivity contribution in [3.8, 4) is 0 Å². The van der Waals surface area contributed by atoms with E-state index in [0.717, 1.165) is 37.9 Å². The number of aliphatic hydroxyl groups excluding tert-OH is 1. The molecule has 0 aromatic heterocycles. The molecule has 1 heterocycles. The van der Waals surface area contributed by atoms with Crippen LogP contribution in [-0.2, 0) is 12.8 Å². The van der Waals surface area contributed by atoms with Crippen LogP contribution in [0, 0.1) is 0 Å². The van der Waals surface area contributed by atoms with Gasteiger partial charge < -0.3 is 10.0 Å². The number of aliphatic hydroxyl groups is 1. The standard InChI is InChI=1S/C19H23NO/c1-2-19(21)17-9-5-6-10-18(17)20-13-11-15-7-3-4-8-16(15)12-14-20/h3-10,19,21H,2,11-14H2,1H3/t19-/m1/s1. The Hall–Kier alpha value is -1.80. The lowest BCUT2D eigenvalue weighted by atomic mass is 10.0. The van der Waals surface area contributed by atoms with Gasteiger partial charge in [-0.25, -0.2) is 0 Å². The first-order valence-electron chi connectivity index (χ1n) is 7.88. The molecule has 0 amide bonds. The molecule has 1 aliphatic rings. The first-order chi connectivity index (χ1) is 10.3. The van der Waals surface area contributed by atoms with Crippen LogP contribution in [0.2, 0.25) is 0 Å². The Labute approximate surface area is 127 Å². The summed E-state index contributed by atoms with van der Waals surface area (Å²) < 4.78 is 0. The molecule has 0 unspecified atom stereocenters. The summed E-state index contributed by atoms with van der Waals surface area (Å²) in [6.45, 7) is 4.06. The van der Waals surface area contributed by atoms with E-state index in [1.54, 1.807) is 0 Å². The van der Waals surface area contributed by atoms with Gasteiger partial charge in [-0.1, -0.05) is 49.4 Å². The predicted molar refractivity (Wildman–Crippen MR) is 87.8 cm³/mol. The van der Waals surface area contributed by atoms with Crippen molar-refractivity contribution in [2.24, 2.45) is 0 Å². The molecule has 21 heavy (non-hydrogen) atoms. The van der Waals surface area contributed by atoms with Crippen LogP contribution in [0.15, 0.2) is 48.5 Å². The molecule has 1 atom stereocenters. The zero-order valence-electron chi connectivity index (χ0n) is 12.6. The van der Waals surface area contributed by atoms with Gasteiger partial charge in [-0.05, 0) is 36.5 Å². The van der Waals surface area contributed by atoms with E-state index in [2.05, 4.69) is 47.4 Å². The van der Waals surface area contributed by atoms with Crippen LogP contribution in [0.4, 0.5) is 5.69 Å². The lowest BCUT2D eigenvalue weighted by Crippen LogP contribution is -2.27. The van der Waals surface area contributed by atoms with Crippen molar-refractivity contribution >= 4 is 5.69 Å². The minimum Gasteiger partial charge on any atom is -0.388 e. The first-order valence-corrected chi connectivity index (χ1v) is 7.88. The number of benzene rings is 2. The van der Waals surface area contributed by atoms with E-state index < -0.39 is 0 Å². The van der Waals surface area contributed by atoms with E-state index >= 15 is 0 Å². The maximum atomic E-state index is 10.3. The van der Waals surface area contributed by atoms with Crippen molar-refractivity contribution in [3.63, 3.8) is 0 Å². The van der Waals surface area contributed by atoms with Gasteiger partial charge in [-0.2, -0.15) is 0 Å². The number of hydrogen-bond donors (Lipinski definition) is 1. The number of para-hydroxylation sites is 1. The summed E-state index contributed by atoms with van der Waals surface area (Å²) in [4.78, 5) is 2.42. The van der Waals surface area contributed by atoms with Crippen LogP contribution in [0.25, 0.3) is 0 Å². The summed E-state index contributed by atoms with van der Waals surface area (Å²) >= 11 is 0. The average Bonchev–Trinajstić information content (AvgIpc) is 2.77. The predicted octanol–water partition coefficient (Wildman–Crippen LogP) is 3.74. The Bertz CT molecular complexity index is 581. The average molecular weight is 281 g/mol. The van der Waals surface area contributed by atoms with Crippen molar-refractivity contribution in [2.75, 3.05) is 18.0 Å². The Morgan fingerprint density at radius 2 is 1.52 bits per heavy atom. The Morgan fingerprint density at radius 3 is 2.14 bits per heavy atom. The monoisotopic (exact) mass is 281 g/mol. The van der Waals surface area contributed by atoms with Gasteiger partial charge in [-0.3, -0.25) is 0 Å². The molecule has 0 radical (unpaired) electrons. The molecular weight excluding hydrogens is 258 g/mol. The van der Waals surface area contributed by atoms with Crippen LogP contribution in [0.5, 0.6) is 0 Å². The van der Waals surface area contributed by atoms with Crippen LogP contribution in [0.3, 0.4) is 0 Å². The molecule has 0 saturated carbocycles. The minimum absolute atomic E-state index is 0.369. The number of rotatable bonds is 3. The molecular formula is C19H23NO. The fraction of sp³-hybridized carbons (Fsp3) is 0.368. The molecule has 3 rings (SSSR count). The van der Waals surface area contributed by atoms with Gasteiger partial charge in [0.15, 0.2) is 0 Å².